The van der Waals surface area contributed by atoms with E-state index in [0.29, 0.717) is 46.6 Å². The zero-order valence-electron chi connectivity index (χ0n) is 18.8. The second kappa shape index (κ2) is 8.59. The molecule has 1 aliphatic rings. The highest BCUT2D eigenvalue weighted by atomic mass is 16.5. The van der Waals surface area contributed by atoms with Crippen LogP contribution in [0.5, 0.6) is 17.2 Å². The fourth-order valence-electron chi connectivity index (χ4n) is 4.52. The van der Waals surface area contributed by atoms with E-state index in [-0.39, 0.29) is 22.8 Å². The van der Waals surface area contributed by atoms with Gasteiger partial charge in [-0.1, -0.05) is 30.3 Å². The highest BCUT2D eigenvalue weighted by molar-refractivity contribution is 5.99. The Hall–Kier alpha value is -4.26. The minimum Gasteiger partial charge on any atom is -0.508 e. The van der Waals surface area contributed by atoms with Crippen molar-refractivity contribution in [1.82, 2.24) is 4.90 Å². The molecule has 0 saturated heterocycles. The quantitative estimate of drug-likeness (QED) is 0.464. The molecule has 2 heterocycles. The third-order valence-electron chi connectivity index (χ3n) is 6.15. The predicted molar refractivity (Wildman–Crippen MR) is 127 cm³/mol. The van der Waals surface area contributed by atoms with Crippen molar-refractivity contribution >= 4 is 16.9 Å². The van der Waals surface area contributed by atoms with Gasteiger partial charge >= 0.3 is 0 Å². The van der Waals surface area contributed by atoms with Gasteiger partial charge in [0.25, 0.3) is 5.91 Å². The summed E-state index contributed by atoms with van der Waals surface area (Å²) in [4.78, 5) is 28.6. The summed E-state index contributed by atoms with van der Waals surface area (Å²) in [7, 11) is 3.15. The van der Waals surface area contributed by atoms with Gasteiger partial charge in [0.15, 0.2) is 16.9 Å². The maximum atomic E-state index is 13.5. The monoisotopic (exact) mass is 457 g/mol. The van der Waals surface area contributed by atoms with Gasteiger partial charge in [0, 0.05) is 6.54 Å². The highest BCUT2D eigenvalue weighted by Gasteiger charge is 2.42. The number of nitrogens with zero attached hydrogens (tertiary/aromatic N) is 1. The van der Waals surface area contributed by atoms with Crippen LogP contribution in [0.3, 0.4) is 0 Å². The van der Waals surface area contributed by atoms with Gasteiger partial charge in [-0.3, -0.25) is 9.59 Å². The van der Waals surface area contributed by atoms with Gasteiger partial charge < -0.3 is 23.9 Å². The van der Waals surface area contributed by atoms with E-state index >= 15 is 0 Å². The maximum Gasteiger partial charge on any atom is 0.290 e. The molecule has 0 radical (unpaired) electrons. The van der Waals surface area contributed by atoms with E-state index in [4.69, 9.17) is 13.9 Å². The van der Waals surface area contributed by atoms with Crippen molar-refractivity contribution < 1.29 is 23.8 Å². The van der Waals surface area contributed by atoms with Gasteiger partial charge in [-0.15, -0.1) is 0 Å². The van der Waals surface area contributed by atoms with Crippen LogP contribution in [0, 0.1) is 0 Å². The third-order valence-corrected chi connectivity index (χ3v) is 6.15. The summed E-state index contributed by atoms with van der Waals surface area (Å²) in [6.45, 7) is 0.328. The average Bonchev–Trinajstić information content (AvgIpc) is 3.14. The molecule has 7 heteroatoms. The number of phenolic OH excluding ortho intramolecular Hbond substituents is 1. The van der Waals surface area contributed by atoms with Crippen molar-refractivity contribution in [2.75, 3.05) is 20.8 Å². The Labute approximate surface area is 195 Å². The van der Waals surface area contributed by atoms with Crippen LogP contribution >= 0.6 is 0 Å². The number of phenols is 1. The number of hydrogen-bond acceptors (Lipinski definition) is 6. The van der Waals surface area contributed by atoms with Gasteiger partial charge in [-0.2, -0.15) is 0 Å². The first kappa shape index (κ1) is 21.6. The Morgan fingerprint density at radius 2 is 1.74 bits per heavy atom. The first-order chi connectivity index (χ1) is 16.5. The number of ether oxygens (including phenoxy) is 2. The van der Waals surface area contributed by atoms with Crippen LogP contribution in [0.2, 0.25) is 0 Å². The fraction of sp³-hybridized carbons (Fsp3) is 0.185. The summed E-state index contributed by atoms with van der Waals surface area (Å²) in [5.41, 5.74) is 2.01. The number of hydrogen-bond donors (Lipinski definition) is 1. The SMILES string of the molecule is COc1ccc(CCN2C(=O)c3oc4ccccc4c(=O)c3C2c2cccc(O)c2)cc1OC. The largest absolute Gasteiger partial charge is 0.508 e. The van der Waals surface area contributed by atoms with Crippen LogP contribution in [-0.4, -0.2) is 36.7 Å². The molecule has 0 aliphatic carbocycles. The molecular formula is C27H23NO6. The lowest BCUT2D eigenvalue weighted by atomic mass is 9.98. The Kier molecular flexibility index (Phi) is 5.45. The Morgan fingerprint density at radius 1 is 0.941 bits per heavy atom. The molecule has 3 aromatic carbocycles. The van der Waals surface area contributed by atoms with Crippen LogP contribution in [0.25, 0.3) is 11.0 Å². The lowest BCUT2D eigenvalue weighted by Crippen LogP contribution is -2.31. The number of para-hydroxylation sites is 1. The molecule has 1 unspecified atom stereocenters. The smallest absolute Gasteiger partial charge is 0.290 e. The molecule has 0 spiro atoms. The van der Waals surface area contributed by atoms with Crippen molar-refractivity contribution in [3.05, 3.63) is 99.4 Å². The van der Waals surface area contributed by atoms with E-state index < -0.39 is 6.04 Å². The summed E-state index contributed by atoms with van der Waals surface area (Å²) in [5.74, 6) is 0.970. The molecule has 7 nitrogen and oxygen atoms in total. The van der Waals surface area contributed by atoms with E-state index in [2.05, 4.69) is 0 Å². The highest BCUT2D eigenvalue weighted by Crippen LogP contribution is 2.39. The molecule has 5 rings (SSSR count). The van der Waals surface area contributed by atoms with Crippen LogP contribution in [-0.2, 0) is 6.42 Å². The molecule has 34 heavy (non-hydrogen) atoms. The standard InChI is InChI=1S/C27H23NO6/c1-32-21-11-10-16(14-22(21)33-2)12-13-28-24(17-6-5-7-18(29)15-17)23-25(30)19-8-3-4-9-20(19)34-26(23)27(28)31/h3-11,14-15,24,29H,12-13H2,1-2H3. The predicted octanol–water partition coefficient (Wildman–Crippen LogP) is 4.30. The molecule has 4 aromatic rings. The molecule has 1 aliphatic heterocycles. The number of amides is 1. The Morgan fingerprint density at radius 3 is 2.50 bits per heavy atom. The minimum absolute atomic E-state index is 0.0457. The van der Waals surface area contributed by atoms with Gasteiger partial charge in [-0.25, -0.2) is 0 Å². The molecule has 0 fully saturated rings. The summed E-state index contributed by atoms with van der Waals surface area (Å²) < 4.78 is 16.6. The van der Waals surface area contributed by atoms with E-state index in [0.717, 1.165) is 5.56 Å². The van der Waals surface area contributed by atoms with Crippen LogP contribution < -0.4 is 14.9 Å². The van der Waals surface area contributed by atoms with Crippen molar-refractivity contribution in [3.63, 3.8) is 0 Å². The van der Waals surface area contributed by atoms with Gasteiger partial charge in [0.05, 0.1) is 31.2 Å². The van der Waals surface area contributed by atoms with E-state index in [9.17, 15) is 14.7 Å². The lowest BCUT2D eigenvalue weighted by molar-refractivity contribution is 0.0730. The summed E-state index contributed by atoms with van der Waals surface area (Å²) >= 11 is 0. The van der Waals surface area contributed by atoms with Crippen LogP contribution in [0.15, 0.2) is 75.9 Å². The molecule has 1 aromatic heterocycles. The molecule has 0 saturated carbocycles. The number of fused-ring (bicyclic) bond motifs is 2. The fourth-order valence-corrected chi connectivity index (χ4v) is 4.52. The number of benzene rings is 3. The zero-order chi connectivity index (χ0) is 23.8. The van der Waals surface area contributed by atoms with E-state index in [1.165, 1.54) is 0 Å². The van der Waals surface area contributed by atoms with Gasteiger partial charge in [-0.05, 0) is 53.9 Å². The van der Waals surface area contributed by atoms with Gasteiger partial charge in [0.1, 0.15) is 11.3 Å². The number of carbonyl (C=O) groups is 1. The molecule has 1 atom stereocenters. The summed E-state index contributed by atoms with van der Waals surface area (Å²) in [6, 6.07) is 18.5. The van der Waals surface area contributed by atoms with Crippen molar-refractivity contribution in [2.45, 2.75) is 12.5 Å². The first-order valence-corrected chi connectivity index (χ1v) is 10.9. The number of methoxy groups -OCH3 is 2. The van der Waals surface area contributed by atoms with Crippen LogP contribution in [0.1, 0.15) is 33.3 Å². The van der Waals surface area contributed by atoms with Crippen molar-refractivity contribution in [2.24, 2.45) is 0 Å². The van der Waals surface area contributed by atoms with Crippen LogP contribution in [0.4, 0.5) is 0 Å². The molecule has 172 valence electrons. The second-order valence-electron chi connectivity index (χ2n) is 8.11. The zero-order valence-corrected chi connectivity index (χ0v) is 18.8. The maximum absolute atomic E-state index is 13.5. The lowest BCUT2D eigenvalue weighted by Gasteiger charge is -2.25. The normalized spacial score (nSPS) is 14.9. The molecular weight excluding hydrogens is 434 g/mol. The first-order valence-electron chi connectivity index (χ1n) is 10.9. The topological polar surface area (TPSA) is 89.2 Å². The number of aromatic hydroxyl groups is 1. The number of carbonyl (C=O) groups excluding carboxylic acids is 1. The minimum atomic E-state index is -0.671. The number of rotatable bonds is 6. The Balaban J connectivity index is 1.58. The Bertz CT molecular complexity index is 1460. The summed E-state index contributed by atoms with van der Waals surface area (Å²) in [6.07, 6.45) is 0.517. The summed E-state index contributed by atoms with van der Waals surface area (Å²) in [5, 5.41) is 10.5. The average molecular weight is 457 g/mol. The van der Waals surface area contributed by atoms with Gasteiger partial charge in [0.2, 0.25) is 5.76 Å². The molecule has 1 N–H and O–H groups in total. The van der Waals surface area contributed by atoms with Crippen molar-refractivity contribution in [3.8, 4) is 17.2 Å². The van der Waals surface area contributed by atoms with Crippen molar-refractivity contribution in [1.29, 1.82) is 0 Å². The third kappa shape index (κ3) is 3.55. The van der Waals surface area contributed by atoms with E-state index in [1.807, 2.05) is 18.2 Å². The molecule has 0 bridgehead atoms. The molecule has 1 amide bonds. The van der Waals surface area contributed by atoms with E-state index in [1.54, 1.807) is 67.7 Å². The second-order valence-corrected chi connectivity index (χ2v) is 8.11.